The van der Waals surface area contributed by atoms with E-state index in [1.165, 1.54) is 0 Å². The largest absolute Gasteiger partial charge is 0.409 e. The van der Waals surface area contributed by atoms with Crippen LogP contribution in [0, 0.1) is 0 Å². The molecule has 1 aromatic carbocycles. The highest BCUT2D eigenvalue weighted by Gasteiger charge is 2.21. The summed E-state index contributed by atoms with van der Waals surface area (Å²) in [7, 11) is 2.00. The third-order valence-electron chi connectivity index (χ3n) is 3.46. The molecule has 1 aliphatic heterocycles. The zero-order valence-electron chi connectivity index (χ0n) is 10.8. The van der Waals surface area contributed by atoms with Gasteiger partial charge >= 0.3 is 0 Å². The highest BCUT2D eigenvalue weighted by Crippen LogP contribution is 2.28. The van der Waals surface area contributed by atoms with Gasteiger partial charge < -0.3 is 20.6 Å². The number of amidine groups is 1. The second-order valence-electron chi connectivity index (χ2n) is 4.60. The van der Waals surface area contributed by atoms with Crippen LogP contribution in [-0.4, -0.2) is 37.3 Å². The molecule has 0 radical (unpaired) electrons. The van der Waals surface area contributed by atoms with Crippen molar-refractivity contribution < 1.29 is 9.94 Å². The van der Waals surface area contributed by atoms with Gasteiger partial charge in [-0.05, 0) is 31.0 Å². The van der Waals surface area contributed by atoms with Crippen molar-refractivity contribution in [1.29, 1.82) is 0 Å². The van der Waals surface area contributed by atoms with Crippen LogP contribution in [0.15, 0.2) is 23.4 Å². The number of rotatable bonds is 3. The van der Waals surface area contributed by atoms with Gasteiger partial charge in [-0.15, -0.1) is 0 Å². The summed E-state index contributed by atoms with van der Waals surface area (Å²) in [6, 6.07) is 5.71. The number of benzene rings is 1. The Balaban J connectivity index is 2.33. The smallest absolute Gasteiger partial charge is 0.172 e. The summed E-state index contributed by atoms with van der Waals surface area (Å²) in [6.45, 7) is 1.52. The SMILES string of the molecule is CN(c1cc(Cl)ccc1C(N)=NO)C1CCOCC1. The van der Waals surface area contributed by atoms with E-state index in [-0.39, 0.29) is 5.84 Å². The van der Waals surface area contributed by atoms with Crippen LogP contribution < -0.4 is 10.6 Å². The molecule has 104 valence electrons. The van der Waals surface area contributed by atoms with Gasteiger partial charge in [0.05, 0.1) is 0 Å². The minimum absolute atomic E-state index is 0.0885. The molecule has 6 heteroatoms. The van der Waals surface area contributed by atoms with E-state index in [2.05, 4.69) is 10.1 Å². The van der Waals surface area contributed by atoms with Crippen LogP contribution in [0.2, 0.25) is 5.02 Å². The number of hydrogen-bond donors (Lipinski definition) is 2. The standard InChI is InChI=1S/C13H18ClN3O2/c1-17(10-4-6-19-7-5-10)12-8-9(14)2-3-11(12)13(15)16-18/h2-3,8,10,18H,4-7H2,1H3,(H2,15,16). The van der Waals surface area contributed by atoms with Gasteiger partial charge in [0.1, 0.15) is 0 Å². The molecule has 0 amide bonds. The molecular weight excluding hydrogens is 266 g/mol. The first-order valence-corrected chi connectivity index (χ1v) is 6.59. The maximum Gasteiger partial charge on any atom is 0.172 e. The summed E-state index contributed by atoms with van der Waals surface area (Å²) >= 11 is 6.05. The monoisotopic (exact) mass is 283 g/mol. The second kappa shape index (κ2) is 6.12. The van der Waals surface area contributed by atoms with Crippen molar-refractivity contribution in [3.05, 3.63) is 28.8 Å². The molecule has 0 spiro atoms. The number of nitrogens with two attached hydrogens (primary N) is 1. The van der Waals surface area contributed by atoms with Crippen LogP contribution in [0.4, 0.5) is 5.69 Å². The molecule has 0 aliphatic carbocycles. The Labute approximate surface area is 117 Å². The number of ether oxygens (including phenoxy) is 1. The number of anilines is 1. The van der Waals surface area contributed by atoms with Crippen molar-refractivity contribution in [2.45, 2.75) is 18.9 Å². The zero-order valence-corrected chi connectivity index (χ0v) is 11.6. The van der Waals surface area contributed by atoms with Gasteiger partial charge in [-0.25, -0.2) is 0 Å². The molecule has 0 unspecified atom stereocenters. The summed E-state index contributed by atoms with van der Waals surface area (Å²) in [5.41, 5.74) is 7.27. The predicted molar refractivity (Wildman–Crippen MR) is 76.2 cm³/mol. The number of nitrogens with zero attached hydrogens (tertiary/aromatic N) is 2. The Morgan fingerprint density at radius 3 is 2.79 bits per heavy atom. The number of hydrogen-bond acceptors (Lipinski definition) is 4. The fourth-order valence-corrected chi connectivity index (χ4v) is 2.50. The van der Waals surface area contributed by atoms with Crippen LogP contribution in [0.3, 0.4) is 0 Å². The van der Waals surface area contributed by atoms with Gasteiger partial charge in [-0.2, -0.15) is 0 Å². The predicted octanol–water partition coefficient (Wildman–Crippen LogP) is 2.05. The molecule has 1 fully saturated rings. The Morgan fingerprint density at radius 2 is 2.16 bits per heavy atom. The Hall–Kier alpha value is -1.46. The quantitative estimate of drug-likeness (QED) is 0.385. The van der Waals surface area contributed by atoms with E-state index in [1.807, 2.05) is 13.1 Å². The normalized spacial score (nSPS) is 17.5. The molecular formula is C13H18ClN3O2. The molecule has 1 aliphatic rings. The molecule has 0 aromatic heterocycles. The lowest BCUT2D eigenvalue weighted by atomic mass is 10.0. The summed E-state index contributed by atoms with van der Waals surface area (Å²) < 4.78 is 5.37. The third kappa shape index (κ3) is 3.11. The topological polar surface area (TPSA) is 71.1 Å². The van der Waals surface area contributed by atoms with Crippen LogP contribution in [-0.2, 0) is 4.74 Å². The summed E-state index contributed by atoms with van der Waals surface area (Å²) in [6.07, 6.45) is 1.91. The van der Waals surface area contributed by atoms with Crippen LogP contribution in [0.1, 0.15) is 18.4 Å². The third-order valence-corrected chi connectivity index (χ3v) is 3.70. The van der Waals surface area contributed by atoms with Crippen molar-refractivity contribution in [2.24, 2.45) is 10.9 Å². The van der Waals surface area contributed by atoms with E-state index < -0.39 is 0 Å². The molecule has 19 heavy (non-hydrogen) atoms. The molecule has 2 rings (SSSR count). The Morgan fingerprint density at radius 1 is 1.47 bits per heavy atom. The Bertz CT molecular complexity index is 473. The fraction of sp³-hybridized carbons (Fsp3) is 0.462. The van der Waals surface area contributed by atoms with Crippen LogP contribution in [0.25, 0.3) is 0 Å². The van der Waals surface area contributed by atoms with Crippen molar-refractivity contribution in [3.8, 4) is 0 Å². The van der Waals surface area contributed by atoms with Crippen molar-refractivity contribution in [1.82, 2.24) is 0 Å². The molecule has 5 nitrogen and oxygen atoms in total. The van der Waals surface area contributed by atoms with Gasteiger partial charge in [0.2, 0.25) is 0 Å². The van der Waals surface area contributed by atoms with Gasteiger partial charge in [0.25, 0.3) is 0 Å². The number of halogens is 1. The van der Waals surface area contributed by atoms with Crippen LogP contribution >= 0.6 is 11.6 Å². The van der Waals surface area contributed by atoms with E-state index in [9.17, 15) is 0 Å². The first-order chi connectivity index (χ1) is 9.13. The first kappa shape index (κ1) is 14.0. The lowest BCUT2D eigenvalue weighted by molar-refractivity contribution is 0.0855. The average Bonchev–Trinajstić information content (AvgIpc) is 2.46. The molecule has 1 heterocycles. The van der Waals surface area contributed by atoms with Gasteiger partial charge in [-0.3, -0.25) is 0 Å². The maximum atomic E-state index is 8.87. The summed E-state index contributed by atoms with van der Waals surface area (Å²) in [5.74, 6) is 0.0885. The molecule has 1 aromatic rings. The van der Waals surface area contributed by atoms with Gasteiger partial charge in [-0.1, -0.05) is 16.8 Å². The fourth-order valence-electron chi connectivity index (χ4n) is 2.34. The zero-order chi connectivity index (χ0) is 13.8. The second-order valence-corrected chi connectivity index (χ2v) is 5.04. The summed E-state index contributed by atoms with van der Waals surface area (Å²) in [4.78, 5) is 2.13. The molecule has 3 N–H and O–H groups in total. The molecule has 0 atom stereocenters. The minimum Gasteiger partial charge on any atom is -0.409 e. The minimum atomic E-state index is 0.0885. The molecule has 1 saturated heterocycles. The van der Waals surface area contributed by atoms with E-state index >= 15 is 0 Å². The van der Waals surface area contributed by atoms with Crippen LogP contribution in [0.5, 0.6) is 0 Å². The average molecular weight is 284 g/mol. The maximum absolute atomic E-state index is 8.87. The van der Waals surface area contributed by atoms with Crippen molar-refractivity contribution in [2.75, 3.05) is 25.2 Å². The van der Waals surface area contributed by atoms with E-state index in [0.29, 0.717) is 16.6 Å². The first-order valence-electron chi connectivity index (χ1n) is 6.21. The summed E-state index contributed by atoms with van der Waals surface area (Å²) in [5, 5.41) is 12.6. The van der Waals surface area contributed by atoms with E-state index in [1.54, 1.807) is 12.1 Å². The van der Waals surface area contributed by atoms with Gasteiger partial charge in [0.15, 0.2) is 5.84 Å². The van der Waals surface area contributed by atoms with Crippen molar-refractivity contribution in [3.63, 3.8) is 0 Å². The van der Waals surface area contributed by atoms with E-state index in [4.69, 9.17) is 27.3 Å². The number of oxime groups is 1. The highest BCUT2D eigenvalue weighted by atomic mass is 35.5. The lowest BCUT2D eigenvalue weighted by Crippen LogP contribution is -2.37. The Kier molecular flexibility index (Phi) is 4.50. The lowest BCUT2D eigenvalue weighted by Gasteiger charge is -2.34. The van der Waals surface area contributed by atoms with E-state index in [0.717, 1.165) is 31.7 Å². The molecule has 0 bridgehead atoms. The van der Waals surface area contributed by atoms with Gasteiger partial charge in [0, 0.05) is 42.6 Å². The highest BCUT2D eigenvalue weighted by molar-refractivity contribution is 6.31. The molecule has 0 saturated carbocycles. The van der Waals surface area contributed by atoms with Crippen molar-refractivity contribution >= 4 is 23.1 Å².